The Balaban J connectivity index is 1.36. The molecule has 0 heterocycles. The van der Waals surface area contributed by atoms with E-state index in [1.807, 2.05) is 36.4 Å². The Morgan fingerprint density at radius 2 is 1.54 bits per heavy atom. The Morgan fingerprint density at radius 3 is 2.15 bits per heavy atom. The molecule has 9 heteroatoms. The third kappa shape index (κ3) is 7.07. The Hall–Kier alpha value is -4.53. The number of carbonyl (C=O) groups is 3. The molecule has 39 heavy (non-hydrogen) atoms. The molecule has 0 atom stereocenters. The van der Waals surface area contributed by atoms with Gasteiger partial charge in [0.15, 0.2) is 0 Å². The van der Waals surface area contributed by atoms with E-state index >= 15 is 0 Å². The summed E-state index contributed by atoms with van der Waals surface area (Å²) in [5, 5.41) is 14.7. The van der Waals surface area contributed by atoms with Crippen LogP contribution in [0.3, 0.4) is 0 Å². The summed E-state index contributed by atoms with van der Waals surface area (Å²) >= 11 is 0. The molecule has 3 aromatic carbocycles. The smallest absolute Gasteiger partial charge is 0.411 e. The summed E-state index contributed by atoms with van der Waals surface area (Å²) in [6, 6.07) is 20.3. The molecule has 0 bridgehead atoms. The molecular weight excluding hydrogens is 500 g/mol. The number of carboxylic acids is 1. The van der Waals surface area contributed by atoms with E-state index in [1.165, 1.54) is 18.2 Å². The fourth-order valence-corrected chi connectivity index (χ4v) is 4.38. The van der Waals surface area contributed by atoms with Gasteiger partial charge in [0, 0.05) is 12.5 Å². The number of ether oxygens (including phenoxy) is 3. The zero-order valence-corrected chi connectivity index (χ0v) is 22.2. The Labute approximate surface area is 227 Å². The molecule has 3 aromatic rings. The van der Waals surface area contributed by atoms with Crippen molar-refractivity contribution in [1.82, 2.24) is 5.32 Å². The number of rotatable bonds is 9. The molecule has 0 aliphatic heterocycles. The average Bonchev–Trinajstić information content (AvgIpc) is 3.20. The first-order chi connectivity index (χ1) is 18.6. The Bertz CT molecular complexity index is 1320. The Kier molecular flexibility index (Phi) is 8.39. The predicted octanol–water partition coefficient (Wildman–Crippen LogP) is 6.04. The van der Waals surface area contributed by atoms with Crippen molar-refractivity contribution < 1.29 is 33.7 Å². The van der Waals surface area contributed by atoms with Gasteiger partial charge in [-0.15, -0.1) is 0 Å². The van der Waals surface area contributed by atoms with Crippen LogP contribution in [-0.2, 0) is 9.47 Å². The van der Waals surface area contributed by atoms with Crippen LogP contribution in [-0.4, -0.2) is 48.6 Å². The monoisotopic (exact) mass is 532 g/mol. The summed E-state index contributed by atoms with van der Waals surface area (Å²) in [5.74, 6) is -1.04. The number of alkyl carbamates (subject to hydrolysis) is 1. The van der Waals surface area contributed by atoms with Crippen molar-refractivity contribution in [2.75, 3.05) is 25.1 Å². The molecule has 0 spiro atoms. The summed E-state index contributed by atoms with van der Waals surface area (Å²) in [6.07, 6.45) is -0.787. The highest BCUT2D eigenvalue weighted by Gasteiger charge is 2.29. The molecule has 0 saturated heterocycles. The highest BCUT2D eigenvalue weighted by Crippen LogP contribution is 2.44. The van der Waals surface area contributed by atoms with Crippen molar-refractivity contribution in [3.63, 3.8) is 0 Å². The minimum Gasteiger partial charge on any atom is -0.491 e. The van der Waals surface area contributed by atoms with Crippen LogP contribution >= 0.6 is 0 Å². The van der Waals surface area contributed by atoms with Crippen molar-refractivity contribution in [3.8, 4) is 16.9 Å². The second-order valence-corrected chi connectivity index (χ2v) is 10.1. The number of benzene rings is 3. The van der Waals surface area contributed by atoms with E-state index < -0.39 is 23.8 Å². The van der Waals surface area contributed by atoms with Gasteiger partial charge in [0.2, 0.25) is 0 Å². The van der Waals surface area contributed by atoms with Gasteiger partial charge in [0.1, 0.15) is 18.0 Å². The van der Waals surface area contributed by atoms with Gasteiger partial charge in [-0.2, -0.15) is 0 Å². The summed E-state index contributed by atoms with van der Waals surface area (Å²) in [4.78, 5) is 36.0. The topological polar surface area (TPSA) is 123 Å². The second kappa shape index (κ2) is 11.9. The molecule has 3 N–H and O–H groups in total. The minimum atomic E-state index is -1.13. The van der Waals surface area contributed by atoms with Crippen molar-refractivity contribution in [2.45, 2.75) is 38.7 Å². The molecule has 0 fully saturated rings. The van der Waals surface area contributed by atoms with Crippen LogP contribution in [0.2, 0.25) is 0 Å². The van der Waals surface area contributed by atoms with Crippen LogP contribution in [0.5, 0.6) is 5.75 Å². The van der Waals surface area contributed by atoms with E-state index in [2.05, 4.69) is 22.8 Å². The van der Waals surface area contributed by atoms with Crippen LogP contribution in [0.15, 0.2) is 66.7 Å². The van der Waals surface area contributed by atoms with E-state index in [-0.39, 0.29) is 36.1 Å². The average molecular weight is 533 g/mol. The number of aromatic carboxylic acids is 1. The van der Waals surface area contributed by atoms with Crippen LogP contribution in [0, 0.1) is 0 Å². The van der Waals surface area contributed by atoms with Crippen LogP contribution in [0.4, 0.5) is 15.3 Å². The van der Waals surface area contributed by atoms with Crippen molar-refractivity contribution in [1.29, 1.82) is 0 Å². The van der Waals surface area contributed by atoms with Gasteiger partial charge in [-0.3, -0.25) is 5.32 Å². The summed E-state index contributed by atoms with van der Waals surface area (Å²) in [7, 11) is 0. The molecule has 0 unspecified atom stereocenters. The zero-order valence-electron chi connectivity index (χ0n) is 22.2. The van der Waals surface area contributed by atoms with Crippen molar-refractivity contribution >= 4 is 23.8 Å². The van der Waals surface area contributed by atoms with Gasteiger partial charge in [0.05, 0.1) is 17.9 Å². The zero-order chi connectivity index (χ0) is 28.0. The van der Waals surface area contributed by atoms with Crippen LogP contribution in [0.1, 0.15) is 54.6 Å². The maximum atomic E-state index is 12.8. The minimum absolute atomic E-state index is 0.00923. The number of anilines is 1. The summed E-state index contributed by atoms with van der Waals surface area (Å²) in [5.41, 5.74) is 4.14. The molecular formula is C30H32N2O7. The van der Waals surface area contributed by atoms with Gasteiger partial charge in [-0.05, 0) is 67.6 Å². The molecule has 4 rings (SSSR count). The van der Waals surface area contributed by atoms with Gasteiger partial charge in [-0.1, -0.05) is 48.5 Å². The van der Waals surface area contributed by atoms with Crippen molar-refractivity contribution in [2.24, 2.45) is 0 Å². The predicted molar refractivity (Wildman–Crippen MR) is 146 cm³/mol. The first-order valence-corrected chi connectivity index (χ1v) is 12.7. The molecule has 2 amide bonds. The molecule has 0 radical (unpaired) electrons. The first kappa shape index (κ1) is 27.5. The van der Waals surface area contributed by atoms with E-state index in [1.54, 1.807) is 20.8 Å². The lowest BCUT2D eigenvalue weighted by atomic mass is 9.98. The molecule has 1 aliphatic rings. The highest BCUT2D eigenvalue weighted by atomic mass is 16.6. The third-order valence-electron chi connectivity index (χ3n) is 6.06. The van der Waals surface area contributed by atoms with Crippen molar-refractivity contribution in [3.05, 3.63) is 83.4 Å². The van der Waals surface area contributed by atoms with Gasteiger partial charge in [0.25, 0.3) is 0 Å². The summed E-state index contributed by atoms with van der Waals surface area (Å²) < 4.78 is 16.5. The normalized spacial score (nSPS) is 12.2. The molecule has 9 nitrogen and oxygen atoms in total. The molecule has 1 aliphatic carbocycles. The maximum Gasteiger partial charge on any atom is 0.411 e. The number of nitrogens with one attached hydrogen (secondary N) is 2. The van der Waals surface area contributed by atoms with E-state index in [0.29, 0.717) is 13.0 Å². The number of carboxylic acid groups (broad SMARTS) is 1. The van der Waals surface area contributed by atoms with Crippen LogP contribution in [0.25, 0.3) is 11.1 Å². The van der Waals surface area contributed by atoms with Gasteiger partial charge < -0.3 is 24.6 Å². The quantitative estimate of drug-likeness (QED) is 0.287. The second-order valence-electron chi connectivity index (χ2n) is 10.1. The largest absolute Gasteiger partial charge is 0.491 e. The molecule has 0 saturated carbocycles. The van der Waals surface area contributed by atoms with Gasteiger partial charge in [-0.25, -0.2) is 14.4 Å². The lowest BCUT2D eigenvalue weighted by Crippen LogP contribution is -2.33. The highest BCUT2D eigenvalue weighted by molar-refractivity contribution is 5.92. The molecule has 0 aromatic heterocycles. The molecule has 204 valence electrons. The fraction of sp³-hybridized carbons (Fsp3) is 0.300. The SMILES string of the molecule is CC(C)(C)OC(=O)NCCCOc1cc(C(=O)O)ccc1NC(=O)OCC1c2ccccc2-c2ccccc21. The van der Waals surface area contributed by atoms with Crippen LogP contribution < -0.4 is 15.4 Å². The van der Waals surface area contributed by atoms with Gasteiger partial charge >= 0.3 is 18.2 Å². The van der Waals surface area contributed by atoms with E-state index in [4.69, 9.17) is 14.2 Å². The third-order valence-corrected chi connectivity index (χ3v) is 6.06. The number of hydrogen-bond donors (Lipinski definition) is 3. The van der Waals surface area contributed by atoms with E-state index in [0.717, 1.165) is 22.3 Å². The lowest BCUT2D eigenvalue weighted by Gasteiger charge is -2.19. The maximum absolute atomic E-state index is 12.8. The lowest BCUT2D eigenvalue weighted by molar-refractivity contribution is 0.0524. The fourth-order valence-electron chi connectivity index (χ4n) is 4.38. The number of fused-ring (bicyclic) bond motifs is 3. The number of amides is 2. The number of carbonyl (C=O) groups excluding carboxylic acids is 2. The summed E-state index contributed by atoms with van der Waals surface area (Å²) in [6.45, 7) is 5.92. The standard InChI is InChI=1S/C30H32N2O7/c1-30(2,3)39-28(35)31-15-8-16-37-26-17-19(27(33)34)13-14-25(26)32-29(36)38-18-24-22-11-6-4-9-20(22)21-10-5-7-12-23(21)24/h4-7,9-14,17,24H,8,15-16,18H2,1-3H3,(H,31,35)(H,32,36)(H,33,34). The first-order valence-electron chi connectivity index (χ1n) is 12.7. The van der Waals surface area contributed by atoms with E-state index in [9.17, 15) is 19.5 Å². The Morgan fingerprint density at radius 1 is 0.897 bits per heavy atom. The number of hydrogen-bond acceptors (Lipinski definition) is 6.